The SMILES string of the molecule is CN(CCCC(=O)O)C(=O)CC1CCC1. The number of carboxylic acid groups (broad SMARTS) is 1. The van der Waals surface area contributed by atoms with Gasteiger partial charge in [-0.2, -0.15) is 0 Å². The lowest BCUT2D eigenvalue weighted by Gasteiger charge is -2.27. The summed E-state index contributed by atoms with van der Waals surface area (Å²) in [5, 5.41) is 8.45. The number of amides is 1. The van der Waals surface area contributed by atoms with Gasteiger partial charge in [-0.25, -0.2) is 0 Å². The van der Waals surface area contributed by atoms with Gasteiger partial charge < -0.3 is 10.0 Å². The van der Waals surface area contributed by atoms with E-state index >= 15 is 0 Å². The molecule has 1 aliphatic carbocycles. The van der Waals surface area contributed by atoms with Crippen molar-refractivity contribution in [2.45, 2.75) is 38.5 Å². The Labute approximate surface area is 90.3 Å². The number of carbonyl (C=O) groups is 2. The van der Waals surface area contributed by atoms with Gasteiger partial charge in [-0.15, -0.1) is 0 Å². The molecule has 0 spiro atoms. The van der Waals surface area contributed by atoms with Crippen LogP contribution in [0, 0.1) is 5.92 Å². The van der Waals surface area contributed by atoms with Gasteiger partial charge in [-0.1, -0.05) is 6.42 Å². The van der Waals surface area contributed by atoms with Crippen molar-refractivity contribution in [3.05, 3.63) is 0 Å². The summed E-state index contributed by atoms with van der Waals surface area (Å²) in [6.07, 6.45) is 4.93. The molecule has 0 atom stereocenters. The van der Waals surface area contributed by atoms with Crippen LogP contribution >= 0.6 is 0 Å². The first-order chi connectivity index (χ1) is 7.09. The summed E-state index contributed by atoms with van der Waals surface area (Å²) in [5.41, 5.74) is 0. The van der Waals surface area contributed by atoms with Gasteiger partial charge in [0.25, 0.3) is 0 Å². The van der Waals surface area contributed by atoms with Crippen LogP contribution in [0.25, 0.3) is 0 Å². The molecule has 0 heterocycles. The molecule has 1 aliphatic rings. The van der Waals surface area contributed by atoms with Crippen LogP contribution in [-0.2, 0) is 9.59 Å². The zero-order valence-corrected chi connectivity index (χ0v) is 9.24. The molecule has 0 radical (unpaired) electrons. The molecule has 4 heteroatoms. The molecule has 0 saturated heterocycles. The first-order valence-corrected chi connectivity index (χ1v) is 5.55. The van der Waals surface area contributed by atoms with E-state index in [4.69, 9.17) is 5.11 Å². The summed E-state index contributed by atoms with van der Waals surface area (Å²) < 4.78 is 0. The molecule has 1 fully saturated rings. The number of carbonyl (C=O) groups excluding carboxylic acids is 1. The second kappa shape index (κ2) is 5.73. The van der Waals surface area contributed by atoms with Crippen molar-refractivity contribution in [2.24, 2.45) is 5.92 Å². The highest BCUT2D eigenvalue weighted by atomic mass is 16.4. The summed E-state index contributed by atoms with van der Waals surface area (Å²) in [6, 6.07) is 0. The normalized spacial score (nSPS) is 15.8. The fourth-order valence-electron chi connectivity index (χ4n) is 1.69. The van der Waals surface area contributed by atoms with Crippen molar-refractivity contribution in [3.63, 3.8) is 0 Å². The second-order valence-corrected chi connectivity index (χ2v) is 4.31. The van der Waals surface area contributed by atoms with Crippen molar-refractivity contribution < 1.29 is 14.7 Å². The Morgan fingerprint density at radius 1 is 1.40 bits per heavy atom. The number of carboxylic acids is 1. The Hall–Kier alpha value is -1.06. The summed E-state index contributed by atoms with van der Waals surface area (Å²) in [4.78, 5) is 23.5. The third-order valence-corrected chi connectivity index (χ3v) is 3.00. The molecule has 86 valence electrons. The Balaban J connectivity index is 2.11. The van der Waals surface area contributed by atoms with E-state index in [1.54, 1.807) is 11.9 Å². The number of hydrogen-bond donors (Lipinski definition) is 1. The lowest BCUT2D eigenvalue weighted by Crippen LogP contribution is -2.31. The lowest BCUT2D eigenvalue weighted by molar-refractivity contribution is -0.138. The highest BCUT2D eigenvalue weighted by Crippen LogP contribution is 2.29. The Morgan fingerprint density at radius 3 is 2.53 bits per heavy atom. The van der Waals surface area contributed by atoms with Crippen molar-refractivity contribution in [3.8, 4) is 0 Å². The maximum Gasteiger partial charge on any atom is 0.303 e. The molecule has 0 bridgehead atoms. The van der Waals surface area contributed by atoms with Gasteiger partial charge in [0.1, 0.15) is 0 Å². The minimum atomic E-state index is -0.796. The van der Waals surface area contributed by atoms with E-state index in [-0.39, 0.29) is 12.3 Å². The van der Waals surface area contributed by atoms with Gasteiger partial charge in [0.15, 0.2) is 0 Å². The first-order valence-electron chi connectivity index (χ1n) is 5.55. The Morgan fingerprint density at radius 2 is 2.07 bits per heavy atom. The Kier molecular flexibility index (Phi) is 4.59. The largest absolute Gasteiger partial charge is 0.481 e. The molecule has 0 aromatic carbocycles. The predicted molar refractivity (Wildman–Crippen MR) is 56.5 cm³/mol. The maximum atomic E-state index is 11.6. The lowest BCUT2D eigenvalue weighted by atomic mass is 9.83. The third kappa shape index (κ3) is 4.32. The average Bonchev–Trinajstić information content (AvgIpc) is 2.10. The standard InChI is InChI=1S/C11H19NO3/c1-12(7-3-6-11(14)15)10(13)8-9-4-2-5-9/h9H,2-8H2,1H3,(H,14,15). The van der Waals surface area contributed by atoms with Crippen molar-refractivity contribution in [1.82, 2.24) is 4.90 Å². The number of hydrogen-bond acceptors (Lipinski definition) is 2. The second-order valence-electron chi connectivity index (χ2n) is 4.31. The molecular weight excluding hydrogens is 194 g/mol. The van der Waals surface area contributed by atoms with Crippen LogP contribution in [0.4, 0.5) is 0 Å². The topological polar surface area (TPSA) is 57.6 Å². The molecule has 1 amide bonds. The van der Waals surface area contributed by atoms with E-state index in [0.717, 1.165) is 0 Å². The molecule has 0 aromatic rings. The average molecular weight is 213 g/mol. The van der Waals surface area contributed by atoms with E-state index < -0.39 is 5.97 Å². The van der Waals surface area contributed by atoms with E-state index in [2.05, 4.69) is 0 Å². The molecule has 0 aliphatic heterocycles. The van der Waals surface area contributed by atoms with Crippen LogP contribution in [0.3, 0.4) is 0 Å². The minimum absolute atomic E-state index is 0.140. The third-order valence-electron chi connectivity index (χ3n) is 3.00. The summed E-state index contributed by atoms with van der Waals surface area (Å²) in [5.74, 6) is -0.0562. The summed E-state index contributed by atoms with van der Waals surface area (Å²) >= 11 is 0. The molecule has 0 unspecified atom stereocenters. The monoisotopic (exact) mass is 213 g/mol. The number of rotatable bonds is 6. The molecule has 4 nitrogen and oxygen atoms in total. The van der Waals surface area contributed by atoms with Gasteiger partial charge in [0.2, 0.25) is 5.91 Å². The van der Waals surface area contributed by atoms with Crippen LogP contribution in [0.5, 0.6) is 0 Å². The summed E-state index contributed by atoms with van der Waals surface area (Å²) in [7, 11) is 1.75. The van der Waals surface area contributed by atoms with Crippen LogP contribution in [0.2, 0.25) is 0 Å². The van der Waals surface area contributed by atoms with Crippen molar-refractivity contribution >= 4 is 11.9 Å². The zero-order chi connectivity index (χ0) is 11.3. The van der Waals surface area contributed by atoms with E-state index in [1.807, 2.05) is 0 Å². The van der Waals surface area contributed by atoms with E-state index in [1.165, 1.54) is 19.3 Å². The predicted octanol–water partition coefficient (Wildman–Crippen LogP) is 1.50. The van der Waals surface area contributed by atoms with Crippen LogP contribution in [-0.4, -0.2) is 35.5 Å². The van der Waals surface area contributed by atoms with Gasteiger partial charge in [-0.05, 0) is 25.2 Å². The Bertz CT molecular complexity index is 236. The number of aliphatic carboxylic acids is 1. The minimum Gasteiger partial charge on any atom is -0.481 e. The first kappa shape index (κ1) is 12.0. The molecule has 15 heavy (non-hydrogen) atoms. The van der Waals surface area contributed by atoms with Crippen LogP contribution < -0.4 is 0 Å². The van der Waals surface area contributed by atoms with E-state index in [9.17, 15) is 9.59 Å². The molecule has 1 saturated carbocycles. The smallest absolute Gasteiger partial charge is 0.303 e. The highest BCUT2D eigenvalue weighted by molar-refractivity contribution is 5.76. The fourth-order valence-corrected chi connectivity index (χ4v) is 1.69. The summed E-state index contributed by atoms with van der Waals surface area (Å²) in [6.45, 7) is 0.553. The quantitative estimate of drug-likeness (QED) is 0.727. The van der Waals surface area contributed by atoms with Crippen molar-refractivity contribution in [1.29, 1.82) is 0 Å². The number of nitrogens with zero attached hydrogens (tertiary/aromatic N) is 1. The van der Waals surface area contributed by atoms with Crippen LogP contribution in [0.1, 0.15) is 38.5 Å². The highest BCUT2D eigenvalue weighted by Gasteiger charge is 2.22. The van der Waals surface area contributed by atoms with Gasteiger partial charge in [-0.3, -0.25) is 9.59 Å². The van der Waals surface area contributed by atoms with Gasteiger partial charge in [0.05, 0.1) is 0 Å². The molecule has 1 N–H and O–H groups in total. The zero-order valence-electron chi connectivity index (χ0n) is 9.24. The van der Waals surface area contributed by atoms with Gasteiger partial charge in [0, 0.05) is 26.4 Å². The van der Waals surface area contributed by atoms with Crippen molar-refractivity contribution in [2.75, 3.05) is 13.6 Å². The molecule has 1 rings (SSSR count). The fraction of sp³-hybridized carbons (Fsp3) is 0.818. The van der Waals surface area contributed by atoms with Gasteiger partial charge >= 0.3 is 5.97 Å². The maximum absolute atomic E-state index is 11.6. The van der Waals surface area contributed by atoms with Crippen LogP contribution in [0.15, 0.2) is 0 Å². The van der Waals surface area contributed by atoms with E-state index in [0.29, 0.717) is 25.3 Å². The molecular formula is C11H19NO3. The molecule has 0 aromatic heterocycles.